The quantitative estimate of drug-likeness (QED) is 0.182. The Morgan fingerprint density at radius 2 is 1.33 bits per heavy atom. The maximum absolute atomic E-state index is 3.29. The van der Waals surface area contributed by atoms with Gasteiger partial charge in [0.25, 0.3) is 0 Å². The Morgan fingerprint density at radius 1 is 0.800 bits per heavy atom. The molecule has 174 valence electrons. The van der Waals surface area contributed by atoms with E-state index < -0.39 is 0 Å². The standard InChI is InChI=1S/C28H52N2/c1-3-4-5-6-7-8-9-10-11-12-13-14-15-16-17-18-21-28(30-24-23-29-26-30)22-19-20-27(2)25-28/h23-24,26-27H,3-22,25H2,1-2H3/p+1. The maximum Gasteiger partial charge on any atom is 0.241 e. The van der Waals surface area contributed by atoms with Gasteiger partial charge in [0.1, 0.15) is 17.9 Å². The van der Waals surface area contributed by atoms with Gasteiger partial charge in [-0.1, -0.05) is 117 Å². The minimum Gasteiger partial charge on any atom is -0.250 e. The number of H-pyrrole nitrogens is 1. The highest BCUT2D eigenvalue weighted by atomic mass is 15.1. The monoisotopic (exact) mass is 417 g/mol. The Labute approximate surface area is 188 Å². The number of nitrogens with one attached hydrogen (secondary N) is 1. The lowest BCUT2D eigenvalue weighted by atomic mass is 9.73. The molecular formula is C28H53N2+. The molecule has 2 atom stereocenters. The summed E-state index contributed by atoms with van der Waals surface area (Å²) in [6, 6.07) is 0. The minimum atomic E-state index is 0.396. The number of hydrogen-bond acceptors (Lipinski definition) is 0. The fourth-order valence-electron chi connectivity index (χ4n) is 5.81. The van der Waals surface area contributed by atoms with Crippen LogP contribution in [0.4, 0.5) is 0 Å². The molecule has 0 saturated heterocycles. The topological polar surface area (TPSA) is 19.7 Å². The molecule has 1 aromatic heterocycles. The number of aromatic amines is 1. The predicted octanol–water partition coefficient (Wildman–Crippen LogP) is 8.86. The number of aromatic nitrogens is 2. The molecule has 2 heteroatoms. The molecule has 0 aromatic carbocycles. The van der Waals surface area contributed by atoms with Crippen LogP contribution in [0, 0.1) is 5.92 Å². The Bertz CT molecular complexity index is 495. The molecule has 0 bridgehead atoms. The van der Waals surface area contributed by atoms with Crippen molar-refractivity contribution < 1.29 is 4.57 Å². The highest BCUT2D eigenvalue weighted by Gasteiger charge is 2.39. The molecule has 1 aliphatic rings. The third-order valence-corrected chi connectivity index (χ3v) is 7.66. The fraction of sp³-hybridized carbons (Fsp3) is 0.893. The van der Waals surface area contributed by atoms with Crippen molar-refractivity contribution in [2.45, 2.75) is 154 Å². The molecule has 1 fully saturated rings. The molecule has 2 rings (SSSR count). The van der Waals surface area contributed by atoms with Crippen molar-refractivity contribution in [3.63, 3.8) is 0 Å². The van der Waals surface area contributed by atoms with Crippen LogP contribution in [0.3, 0.4) is 0 Å². The second kappa shape index (κ2) is 15.9. The number of hydrogen-bond donors (Lipinski definition) is 1. The van der Waals surface area contributed by atoms with Gasteiger partial charge in [0, 0.05) is 0 Å². The molecule has 0 spiro atoms. The second-order valence-electron chi connectivity index (χ2n) is 10.5. The summed E-state index contributed by atoms with van der Waals surface area (Å²) in [5.41, 5.74) is 0.396. The SMILES string of the molecule is CCCCCCCCCCCCCCCCCCC1([n+]2cc[nH]c2)CCCC(C)C1. The van der Waals surface area contributed by atoms with E-state index in [1.165, 1.54) is 135 Å². The molecule has 1 heterocycles. The average Bonchev–Trinajstić information content (AvgIpc) is 3.29. The van der Waals surface area contributed by atoms with Crippen molar-refractivity contribution in [1.29, 1.82) is 0 Å². The molecule has 2 unspecified atom stereocenters. The molecule has 1 N–H and O–H groups in total. The third kappa shape index (κ3) is 10.0. The van der Waals surface area contributed by atoms with Gasteiger partial charge in [0.2, 0.25) is 6.33 Å². The fourth-order valence-corrected chi connectivity index (χ4v) is 5.81. The van der Waals surface area contributed by atoms with E-state index in [1.807, 2.05) is 0 Å². The Kier molecular flexibility index (Phi) is 13.5. The van der Waals surface area contributed by atoms with Gasteiger partial charge in [0.15, 0.2) is 0 Å². The van der Waals surface area contributed by atoms with Gasteiger partial charge < -0.3 is 0 Å². The van der Waals surface area contributed by atoms with Gasteiger partial charge in [-0.05, 0) is 38.0 Å². The summed E-state index contributed by atoms with van der Waals surface area (Å²) < 4.78 is 2.51. The zero-order valence-electron chi connectivity index (χ0n) is 20.6. The highest BCUT2D eigenvalue weighted by Crippen LogP contribution is 2.38. The van der Waals surface area contributed by atoms with E-state index in [9.17, 15) is 0 Å². The van der Waals surface area contributed by atoms with Crippen molar-refractivity contribution in [3.8, 4) is 0 Å². The first-order chi connectivity index (χ1) is 14.8. The van der Waals surface area contributed by atoms with Crippen LogP contribution in [0.15, 0.2) is 18.7 Å². The van der Waals surface area contributed by atoms with E-state index in [0.717, 1.165) is 5.92 Å². The van der Waals surface area contributed by atoms with Crippen LogP contribution < -0.4 is 4.57 Å². The second-order valence-corrected chi connectivity index (χ2v) is 10.5. The van der Waals surface area contributed by atoms with Crippen LogP contribution >= 0.6 is 0 Å². The Hall–Kier alpha value is -0.790. The summed E-state index contributed by atoms with van der Waals surface area (Å²) in [6.07, 6.45) is 36.8. The summed E-state index contributed by atoms with van der Waals surface area (Å²) in [6.45, 7) is 4.76. The maximum atomic E-state index is 3.29. The normalized spacial score (nSPS) is 21.9. The van der Waals surface area contributed by atoms with E-state index in [1.54, 1.807) is 0 Å². The van der Waals surface area contributed by atoms with Gasteiger partial charge in [-0.2, -0.15) is 0 Å². The molecular weight excluding hydrogens is 364 g/mol. The van der Waals surface area contributed by atoms with E-state index in [2.05, 4.69) is 42.1 Å². The van der Waals surface area contributed by atoms with E-state index in [4.69, 9.17) is 0 Å². The molecule has 0 radical (unpaired) electrons. The Balaban J connectivity index is 1.42. The van der Waals surface area contributed by atoms with Crippen molar-refractivity contribution in [1.82, 2.24) is 4.98 Å². The lowest BCUT2D eigenvalue weighted by Gasteiger charge is -2.37. The molecule has 1 saturated carbocycles. The molecule has 30 heavy (non-hydrogen) atoms. The first-order valence-corrected chi connectivity index (χ1v) is 13.8. The summed E-state index contributed by atoms with van der Waals surface area (Å²) in [7, 11) is 0. The highest BCUT2D eigenvalue weighted by molar-refractivity contribution is 4.82. The average molecular weight is 418 g/mol. The summed E-state index contributed by atoms with van der Waals surface area (Å²) in [4.78, 5) is 3.29. The first-order valence-electron chi connectivity index (χ1n) is 13.8. The van der Waals surface area contributed by atoms with E-state index in [0.29, 0.717) is 5.54 Å². The van der Waals surface area contributed by atoms with Crippen molar-refractivity contribution in [3.05, 3.63) is 18.7 Å². The lowest BCUT2D eigenvalue weighted by molar-refractivity contribution is -0.769. The zero-order valence-corrected chi connectivity index (χ0v) is 20.6. The largest absolute Gasteiger partial charge is 0.250 e. The van der Waals surface area contributed by atoms with Crippen LogP contribution in [-0.2, 0) is 5.54 Å². The first kappa shape index (κ1) is 25.5. The van der Waals surface area contributed by atoms with Crippen LogP contribution in [-0.4, -0.2) is 4.98 Å². The van der Waals surface area contributed by atoms with Gasteiger partial charge in [0.05, 0.1) is 0 Å². The smallest absolute Gasteiger partial charge is 0.241 e. The van der Waals surface area contributed by atoms with E-state index in [-0.39, 0.29) is 0 Å². The molecule has 0 aliphatic heterocycles. The van der Waals surface area contributed by atoms with Crippen molar-refractivity contribution in [2.75, 3.05) is 0 Å². The summed E-state index contributed by atoms with van der Waals surface area (Å²) in [5.74, 6) is 0.877. The number of nitrogens with zero attached hydrogens (tertiary/aromatic N) is 1. The molecule has 2 nitrogen and oxygen atoms in total. The zero-order chi connectivity index (χ0) is 21.3. The predicted molar refractivity (Wildman–Crippen MR) is 131 cm³/mol. The Morgan fingerprint density at radius 3 is 1.80 bits per heavy atom. The van der Waals surface area contributed by atoms with Gasteiger partial charge in [-0.15, -0.1) is 0 Å². The summed E-state index contributed by atoms with van der Waals surface area (Å²) in [5, 5.41) is 0. The molecule has 1 aromatic rings. The van der Waals surface area contributed by atoms with Crippen LogP contribution in [0.2, 0.25) is 0 Å². The lowest BCUT2D eigenvalue weighted by Crippen LogP contribution is -2.57. The van der Waals surface area contributed by atoms with Crippen LogP contribution in [0.5, 0.6) is 0 Å². The number of rotatable bonds is 18. The van der Waals surface area contributed by atoms with Crippen molar-refractivity contribution >= 4 is 0 Å². The third-order valence-electron chi connectivity index (χ3n) is 7.66. The van der Waals surface area contributed by atoms with E-state index >= 15 is 0 Å². The number of imidazole rings is 1. The van der Waals surface area contributed by atoms with Crippen LogP contribution in [0.25, 0.3) is 0 Å². The van der Waals surface area contributed by atoms with Gasteiger partial charge >= 0.3 is 0 Å². The number of unbranched alkanes of at least 4 members (excludes halogenated alkanes) is 15. The van der Waals surface area contributed by atoms with Gasteiger partial charge in [-0.25, -0.2) is 4.57 Å². The van der Waals surface area contributed by atoms with Crippen molar-refractivity contribution in [2.24, 2.45) is 5.92 Å². The van der Waals surface area contributed by atoms with Crippen LogP contribution in [0.1, 0.15) is 149 Å². The molecule has 0 amide bonds. The molecule has 1 aliphatic carbocycles. The summed E-state index contributed by atoms with van der Waals surface area (Å²) >= 11 is 0. The van der Waals surface area contributed by atoms with Gasteiger partial charge in [-0.3, -0.25) is 4.98 Å². The minimum absolute atomic E-state index is 0.396.